The molecule has 0 unspecified atom stereocenters. The molecule has 0 fully saturated rings. The molecule has 0 aliphatic heterocycles. The predicted molar refractivity (Wildman–Crippen MR) is 58.1 cm³/mol. The molecule has 0 aliphatic rings. The summed E-state index contributed by atoms with van der Waals surface area (Å²) in [6, 6.07) is 0. The summed E-state index contributed by atoms with van der Waals surface area (Å²) >= 11 is 0. The first-order valence-electron chi connectivity index (χ1n) is 4.70. The lowest BCUT2D eigenvalue weighted by molar-refractivity contribution is -0.119. The fourth-order valence-corrected chi connectivity index (χ4v) is 0.834. The smallest absolute Gasteiger partial charge is 0.241 e. The Hall–Kier alpha value is -1.26. The van der Waals surface area contributed by atoms with E-state index in [9.17, 15) is 4.79 Å². The number of carbonyl (C=O) groups excluding carboxylic acids is 1. The Labute approximate surface area is 85.2 Å². The molecule has 0 saturated heterocycles. The number of hydrogen-bond donors (Lipinski definition) is 3. The summed E-state index contributed by atoms with van der Waals surface area (Å²) in [6.07, 6.45) is 0. The molecule has 5 nitrogen and oxygen atoms in total. The zero-order valence-electron chi connectivity index (χ0n) is 9.35. The molecule has 0 aromatic rings. The predicted octanol–water partition coefficient (Wildman–Crippen LogP) is -0.175. The molecule has 0 aromatic carbocycles. The number of nitrogens with two attached hydrogens (primary N) is 1. The Morgan fingerprint density at radius 1 is 1.43 bits per heavy atom. The second-order valence-electron chi connectivity index (χ2n) is 4.03. The van der Waals surface area contributed by atoms with Crippen molar-refractivity contribution in [2.75, 3.05) is 13.1 Å². The topological polar surface area (TPSA) is 79.5 Å². The van der Waals surface area contributed by atoms with Crippen molar-refractivity contribution in [2.24, 2.45) is 10.7 Å². The highest BCUT2D eigenvalue weighted by atomic mass is 16.1. The lowest BCUT2D eigenvalue weighted by atomic mass is 10.1. The first kappa shape index (κ1) is 12.7. The minimum absolute atomic E-state index is 0.0722. The molecule has 0 bridgehead atoms. The van der Waals surface area contributed by atoms with Crippen LogP contribution in [0.15, 0.2) is 4.99 Å². The molecule has 0 aliphatic carbocycles. The molecule has 14 heavy (non-hydrogen) atoms. The summed E-state index contributed by atoms with van der Waals surface area (Å²) in [4.78, 5) is 14.9. The van der Waals surface area contributed by atoms with E-state index in [-0.39, 0.29) is 18.0 Å². The van der Waals surface area contributed by atoms with E-state index in [1.165, 1.54) is 0 Å². The first-order chi connectivity index (χ1) is 6.35. The van der Waals surface area contributed by atoms with E-state index in [4.69, 9.17) is 5.73 Å². The second-order valence-corrected chi connectivity index (χ2v) is 4.03. The summed E-state index contributed by atoms with van der Waals surface area (Å²) in [6.45, 7) is 8.46. The van der Waals surface area contributed by atoms with Crippen molar-refractivity contribution in [3.8, 4) is 0 Å². The van der Waals surface area contributed by atoms with Gasteiger partial charge in [0, 0.05) is 12.1 Å². The second kappa shape index (κ2) is 5.47. The zero-order valence-corrected chi connectivity index (χ0v) is 9.35. The third kappa shape index (κ3) is 7.39. The standard InChI is InChI=1S/C9H20N4O/c1-5-11-7(14)6-12-8(10)13-9(2,3)4/h5-6H2,1-4H3,(H,11,14)(H3,10,12,13). The normalized spacial score (nSPS) is 12.4. The molecule has 0 rings (SSSR count). The molecule has 82 valence electrons. The van der Waals surface area contributed by atoms with Crippen LogP contribution in [0.1, 0.15) is 27.7 Å². The summed E-state index contributed by atoms with van der Waals surface area (Å²) in [5.41, 5.74) is 5.43. The molecule has 0 heterocycles. The van der Waals surface area contributed by atoms with Gasteiger partial charge in [-0.1, -0.05) is 0 Å². The summed E-state index contributed by atoms with van der Waals surface area (Å²) < 4.78 is 0. The van der Waals surface area contributed by atoms with Crippen molar-refractivity contribution in [3.05, 3.63) is 0 Å². The molecule has 0 atom stereocenters. The summed E-state index contributed by atoms with van der Waals surface area (Å²) in [5, 5.41) is 5.60. The minimum atomic E-state index is -0.130. The third-order valence-electron chi connectivity index (χ3n) is 1.27. The van der Waals surface area contributed by atoms with Crippen LogP contribution in [0.4, 0.5) is 0 Å². The highest BCUT2D eigenvalue weighted by Crippen LogP contribution is 1.96. The number of aliphatic imine (C=N–C) groups is 1. The van der Waals surface area contributed by atoms with Gasteiger partial charge in [0.15, 0.2) is 5.96 Å². The average molecular weight is 200 g/mol. The Balaban J connectivity index is 3.94. The molecule has 5 heteroatoms. The van der Waals surface area contributed by atoms with E-state index in [0.717, 1.165) is 0 Å². The van der Waals surface area contributed by atoms with Gasteiger partial charge in [0.25, 0.3) is 0 Å². The monoisotopic (exact) mass is 200 g/mol. The van der Waals surface area contributed by atoms with E-state index in [2.05, 4.69) is 15.6 Å². The van der Waals surface area contributed by atoms with E-state index in [1.54, 1.807) is 0 Å². The van der Waals surface area contributed by atoms with Crippen molar-refractivity contribution in [3.63, 3.8) is 0 Å². The molecule has 0 saturated carbocycles. The van der Waals surface area contributed by atoms with E-state index >= 15 is 0 Å². The summed E-state index contributed by atoms with van der Waals surface area (Å²) in [5.74, 6) is 0.176. The number of rotatable bonds is 3. The molecule has 0 spiro atoms. The fraction of sp³-hybridized carbons (Fsp3) is 0.778. The van der Waals surface area contributed by atoms with Crippen molar-refractivity contribution < 1.29 is 4.79 Å². The van der Waals surface area contributed by atoms with Crippen LogP contribution in [-0.2, 0) is 4.79 Å². The number of hydrogen-bond acceptors (Lipinski definition) is 2. The largest absolute Gasteiger partial charge is 0.370 e. The number of carbonyl (C=O) groups is 1. The quantitative estimate of drug-likeness (QED) is 0.437. The van der Waals surface area contributed by atoms with Crippen LogP contribution < -0.4 is 16.4 Å². The van der Waals surface area contributed by atoms with Gasteiger partial charge in [-0.05, 0) is 27.7 Å². The third-order valence-corrected chi connectivity index (χ3v) is 1.27. The maximum absolute atomic E-state index is 11.0. The molecular formula is C9H20N4O. The minimum Gasteiger partial charge on any atom is -0.370 e. The number of nitrogens with one attached hydrogen (secondary N) is 2. The molecule has 0 radical (unpaired) electrons. The Bertz CT molecular complexity index is 217. The number of amides is 1. The van der Waals surface area contributed by atoms with Gasteiger partial charge in [-0.25, -0.2) is 4.99 Å². The van der Waals surface area contributed by atoms with Crippen LogP contribution in [0.25, 0.3) is 0 Å². The van der Waals surface area contributed by atoms with Crippen molar-refractivity contribution >= 4 is 11.9 Å². The Morgan fingerprint density at radius 3 is 2.43 bits per heavy atom. The van der Waals surface area contributed by atoms with Crippen LogP contribution >= 0.6 is 0 Å². The summed E-state index contributed by atoms with van der Waals surface area (Å²) in [7, 11) is 0. The highest BCUT2D eigenvalue weighted by molar-refractivity contribution is 5.84. The average Bonchev–Trinajstić information content (AvgIpc) is 1.98. The van der Waals surface area contributed by atoms with Crippen molar-refractivity contribution in [1.82, 2.24) is 10.6 Å². The van der Waals surface area contributed by atoms with Crippen LogP contribution in [0.5, 0.6) is 0 Å². The fourth-order valence-electron chi connectivity index (χ4n) is 0.834. The van der Waals surface area contributed by atoms with E-state index in [0.29, 0.717) is 12.5 Å². The number of likely N-dealkylation sites (N-methyl/N-ethyl adjacent to an activating group) is 1. The van der Waals surface area contributed by atoms with Gasteiger partial charge in [-0.15, -0.1) is 0 Å². The molecule has 1 amide bonds. The lowest BCUT2D eigenvalue weighted by Crippen LogP contribution is -2.45. The van der Waals surface area contributed by atoms with Crippen molar-refractivity contribution in [1.29, 1.82) is 0 Å². The van der Waals surface area contributed by atoms with Gasteiger partial charge in [0.1, 0.15) is 6.54 Å². The van der Waals surface area contributed by atoms with E-state index in [1.807, 2.05) is 27.7 Å². The van der Waals surface area contributed by atoms with Gasteiger partial charge >= 0.3 is 0 Å². The first-order valence-corrected chi connectivity index (χ1v) is 4.70. The number of nitrogens with zero attached hydrogens (tertiary/aromatic N) is 1. The van der Waals surface area contributed by atoms with Crippen LogP contribution in [0.2, 0.25) is 0 Å². The van der Waals surface area contributed by atoms with E-state index < -0.39 is 0 Å². The van der Waals surface area contributed by atoms with Gasteiger partial charge in [-0.2, -0.15) is 0 Å². The van der Waals surface area contributed by atoms with Crippen molar-refractivity contribution in [2.45, 2.75) is 33.2 Å². The van der Waals surface area contributed by atoms with Gasteiger partial charge < -0.3 is 16.4 Å². The maximum atomic E-state index is 11.0. The van der Waals surface area contributed by atoms with Gasteiger partial charge in [-0.3, -0.25) is 4.79 Å². The van der Waals surface area contributed by atoms with Crippen LogP contribution in [0, 0.1) is 0 Å². The molecule has 4 N–H and O–H groups in total. The highest BCUT2D eigenvalue weighted by Gasteiger charge is 2.09. The Morgan fingerprint density at radius 2 is 2.00 bits per heavy atom. The number of guanidine groups is 1. The molecule has 0 aromatic heterocycles. The maximum Gasteiger partial charge on any atom is 0.241 e. The van der Waals surface area contributed by atoms with Gasteiger partial charge in [0.05, 0.1) is 0 Å². The van der Waals surface area contributed by atoms with Gasteiger partial charge in [0.2, 0.25) is 5.91 Å². The lowest BCUT2D eigenvalue weighted by Gasteiger charge is -2.20. The Kier molecular flexibility index (Phi) is 4.97. The molecular weight excluding hydrogens is 180 g/mol. The van der Waals surface area contributed by atoms with Crippen LogP contribution in [-0.4, -0.2) is 30.5 Å². The zero-order chi connectivity index (χ0) is 11.2. The van der Waals surface area contributed by atoms with Crippen LogP contribution in [0.3, 0.4) is 0 Å². The SMILES string of the molecule is CCNC(=O)CN=C(N)NC(C)(C)C.